The number of aliphatic hydroxyl groups is 1. The molecule has 1 aliphatic rings. The smallest absolute Gasteiger partial charge is 0.158 e. The van der Waals surface area contributed by atoms with E-state index in [0.717, 1.165) is 30.0 Å². The van der Waals surface area contributed by atoms with Crippen LogP contribution in [0.5, 0.6) is 5.75 Å². The minimum absolute atomic E-state index is 0.424. The second-order valence-corrected chi connectivity index (χ2v) is 5.95. The fourth-order valence-corrected chi connectivity index (χ4v) is 2.29. The largest absolute Gasteiger partial charge is 0.490 e. The molecule has 1 N–H and O–H groups in total. The number of anilines is 1. The molecular weight excluding hydrogens is 250 g/mol. The van der Waals surface area contributed by atoms with Crippen molar-refractivity contribution in [3.05, 3.63) is 23.8 Å². The maximum absolute atomic E-state index is 9.75. The van der Waals surface area contributed by atoms with Gasteiger partial charge in [-0.3, -0.25) is 0 Å². The quantitative estimate of drug-likeness (QED) is 0.799. The van der Waals surface area contributed by atoms with E-state index in [4.69, 9.17) is 4.74 Å². The van der Waals surface area contributed by atoms with Gasteiger partial charge in [0.15, 0.2) is 5.75 Å². The van der Waals surface area contributed by atoms with Gasteiger partial charge in [0, 0.05) is 12.6 Å². The minimum Gasteiger partial charge on any atom is -0.490 e. The molecule has 0 bridgehead atoms. The van der Waals surface area contributed by atoms with Crippen LogP contribution in [0.25, 0.3) is 0 Å². The van der Waals surface area contributed by atoms with Crippen LogP contribution in [0.15, 0.2) is 18.2 Å². The first-order valence-corrected chi connectivity index (χ1v) is 7.16. The molecule has 3 nitrogen and oxygen atoms in total. The predicted molar refractivity (Wildman–Crippen MR) is 82.2 cm³/mol. The van der Waals surface area contributed by atoms with E-state index in [0.29, 0.717) is 12.6 Å². The Balaban J connectivity index is 2.46. The molecular formula is C17H23NO2. The highest BCUT2D eigenvalue weighted by Crippen LogP contribution is 2.35. The van der Waals surface area contributed by atoms with E-state index in [2.05, 4.69) is 36.7 Å². The summed E-state index contributed by atoms with van der Waals surface area (Å²) in [6, 6.07) is 6.45. The number of ether oxygens (including phenoxy) is 1. The molecule has 1 aromatic carbocycles. The summed E-state index contributed by atoms with van der Waals surface area (Å²) < 4.78 is 5.90. The molecule has 0 amide bonds. The van der Waals surface area contributed by atoms with Gasteiger partial charge in [0.05, 0.1) is 17.9 Å². The van der Waals surface area contributed by atoms with Crippen molar-refractivity contribution < 1.29 is 9.84 Å². The Bertz CT molecular complexity index is 532. The monoisotopic (exact) mass is 273 g/mol. The van der Waals surface area contributed by atoms with Gasteiger partial charge in [0.2, 0.25) is 0 Å². The van der Waals surface area contributed by atoms with Gasteiger partial charge in [-0.2, -0.15) is 0 Å². The summed E-state index contributed by atoms with van der Waals surface area (Å²) in [7, 11) is 0. The van der Waals surface area contributed by atoms with Crippen molar-refractivity contribution in [1.82, 2.24) is 0 Å². The van der Waals surface area contributed by atoms with Crippen molar-refractivity contribution in [3.63, 3.8) is 0 Å². The molecule has 0 saturated heterocycles. The predicted octanol–water partition coefficient (Wildman–Crippen LogP) is 2.81. The first-order chi connectivity index (χ1) is 9.38. The molecule has 0 spiro atoms. The van der Waals surface area contributed by atoms with E-state index in [1.807, 2.05) is 12.1 Å². The molecule has 0 saturated carbocycles. The molecule has 1 aromatic rings. The molecule has 0 aliphatic carbocycles. The molecule has 0 aromatic heterocycles. The molecule has 20 heavy (non-hydrogen) atoms. The second-order valence-electron chi connectivity index (χ2n) is 5.95. The lowest BCUT2D eigenvalue weighted by atomic mass is 10.1. The van der Waals surface area contributed by atoms with Crippen molar-refractivity contribution in [2.45, 2.75) is 45.8 Å². The summed E-state index contributed by atoms with van der Waals surface area (Å²) in [6.45, 7) is 9.44. The fraction of sp³-hybridized carbons (Fsp3) is 0.529. The highest BCUT2D eigenvalue weighted by Gasteiger charge is 2.20. The second kappa shape index (κ2) is 5.76. The molecule has 108 valence electrons. The zero-order chi connectivity index (χ0) is 14.8. The van der Waals surface area contributed by atoms with E-state index in [9.17, 15) is 5.11 Å². The van der Waals surface area contributed by atoms with Gasteiger partial charge < -0.3 is 14.7 Å². The van der Waals surface area contributed by atoms with Crippen molar-refractivity contribution in [2.24, 2.45) is 0 Å². The molecule has 2 rings (SSSR count). The third-order valence-corrected chi connectivity index (χ3v) is 3.22. The molecule has 0 unspecified atom stereocenters. The maximum atomic E-state index is 9.75. The summed E-state index contributed by atoms with van der Waals surface area (Å²) in [5, 5.41) is 9.75. The van der Waals surface area contributed by atoms with Gasteiger partial charge in [-0.15, -0.1) is 0 Å². The number of rotatable bonds is 1. The number of hydrogen-bond acceptors (Lipinski definition) is 3. The van der Waals surface area contributed by atoms with Crippen LogP contribution in [0.4, 0.5) is 5.69 Å². The van der Waals surface area contributed by atoms with Crippen LogP contribution in [0, 0.1) is 11.8 Å². The lowest BCUT2D eigenvalue weighted by molar-refractivity contribution is 0.143. The number of fused-ring (bicyclic) bond motifs is 1. The third kappa shape index (κ3) is 3.46. The highest BCUT2D eigenvalue weighted by atomic mass is 16.5. The van der Waals surface area contributed by atoms with Crippen LogP contribution in [0.2, 0.25) is 0 Å². The van der Waals surface area contributed by atoms with Gasteiger partial charge in [0.25, 0.3) is 0 Å². The van der Waals surface area contributed by atoms with Crippen LogP contribution in [-0.2, 0) is 0 Å². The molecule has 0 atom stereocenters. The Morgan fingerprint density at radius 3 is 2.75 bits per heavy atom. The van der Waals surface area contributed by atoms with Gasteiger partial charge >= 0.3 is 0 Å². The first-order valence-electron chi connectivity index (χ1n) is 7.16. The summed E-state index contributed by atoms with van der Waals surface area (Å²) in [5.74, 6) is 6.75. The maximum Gasteiger partial charge on any atom is 0.158 e. The summed E-state index contributed by atoms with van der Waals surface area (Å²) in [5.41, 5.74) is 0.947. The van der Waals surface area contributed by atoms with Crippen LogP contribution < -0.4 is 9.64 Å². The lowest BCUT2D eigenvalue weighted by Crippen LogP contribution is -2.31. The Labute approximate surface area is 121 Å². The average Bonchev–Trinajstić information content (AvgIpc) is 2.57. The summed E-state index contributed by atoms with van der Waals surface area (Å²) >= 11 is 0. The lowest BCUT2D eigenvalue weighted by Gasteiger charge is -2.28. The first kappa shape index (κ1) is 14.7. The molecule has 0 radical (unpaired) electrons. The number of benzene rings is 1. The molecule has 0 fully saturated rings. The van der Waals surface area contributed by atoms with Gasteiger partial charge in [-0.25, -0.2) is 0 Å². The number of hydrogen-bond donors (Lipinski definition) is 1. The van der Waals surface area contributed by atoms with E-state index in [1.54, 1.807) is 13.8 Å². The zero-order valence-corrected chi connectivity index (χ0v) is 12.7. The highest BCUT2D eigenvalue weighted by molar-refractivity contribution is 5.66. The topological polar surface area (TPSA) is 32.7 Å². The normalized spacial score (nSPS) is 15.0. The van der Waals surface area contributed by atoms with E-state index < -0.39 is 5.60 Å². The van der Waals surface area contributed by atoms with E-state index >= 15 is 0 Å². The Morgan fingerprint density at radius 1 is 1.35 bits per heavy atom. The Hall–Kier alpha value is -1.66. The van der Waals surface area contributed by atoms with E-state index in [1.165, 1.54) is 0 Å². The van der Waals surface area contributed by atoms with Crippen LogP contribution in [0.3, 0.4) is 0 Å². The third-order valence-electron chi connectivity index (χ3n) is 3.22. The summed E-state index contributed by atoms with van der Waals surface area (Å²) in [6.07, 6.45) is 1.01. The van der Waals surface area contributed by atoms with Gasteiger partial charge in [-0.1, -0.05) is 17.9 Å². The van der Waals surface area contributed by atoms with Crippen LogP contribution in [0.1, 0.15) is 39.7 Å². The average molecular weight is 273 g/mol. The SMILES string of the molecule is CC(C)N1CCCOc2c(C#CC(C)(C)O)cccc21. The van der Waals surface area contributed by atoms with Crippen molar-refractivity contribution in [2.75, 3.05) is 18.1 Å². The van der Waals surface area contributed by atoms with Crippen molar-refractivity contribution in [3.8, 4) is 17.6 Å². The minimum atomic E-state index is -0.995. The fourth-order valence-electron chi connectivity index (χ4n) is 2.29. The Morgan fingerprint density at radius 2 is 2.10 bits per heavy atom. The van der Waals surface area contributed by atoms with E-state index in [-0.39, 0.29) is 0 Å². The number of para-hydroxylation sites is 1. The molecule has 1 heterocycles. The van der Waals surface area contributed by atoms with Crippen LogP contribution >= 0.6 is 0 Å². The van der Waals surface area contributed by atoms with Gasteiger partial charge in [0.1, 0.15) is 5.60 Å². The van der Waals surface area contributed by atoms with Crippen molar-refractivity contribution in [1.29, 1.82) is 0 Å². The molecule has 3 heteroatoms. The standard InChI is InChI=1S/C17H23NO2/c1-13(2)18-11-6-12-20-16-14(7-5-8-15(16)18)9-10-17(3,4)19/h5,7-8,13,19H,6,11-12H2,1-4H3. The molecule has 1 aliphatic heterocycles. The zero-order valence-electron chi connectivity index (χ0n) is 12.7. The van der Waals surface area contributed by atoms with Crippen molar-refractivity contribution >= 4 is 5.69 Å². The Kier molecular flexibility index (Phi) is 4.25. The van der Waals surface area contributed by atoms with Crippen LogP contribution in [-0.4, -0.2) is 29.9 Å². The van der Waals surface area contributed by atoms with Gasteiger partial charge in [-0.05, 0) is 46.2 Å². The summed E-state index contributed by atoms with van der Waals surface area (Å²) in [4.78, 5) is 2.34. The number of nitrogens with zero attached hydrogens (tertiary/aromatic N) is 1.